The standard InChI is InChI=1S/C13H15N3O2S2/c1-6-5-14-11(19-6)7(2)15-13-16-10-8(12(17)18)3-4-9(10)20-13/h5,7-8H,3-4H2,1-2H3,(H,15,16)(H,17,18). The number of fused-ring (bicyclic) bond motifs is 1. The van der Waals surface area contributed by atoms with Gasteiger partial charge in [0.15, 0.2) is 5.13 Å². The molecule has 2 N–H and O–H groups in total. The molecule has 2 aromatic rings. The van der Waals surface area contributed by atoms with Crippen LogP contribution in [0.3, 0.4) is 0 Å². The monoisotopic (exact) mass is 309 g/mol. The minimum absolute atomic E-state index is 0.0863. The van der Waals surface area contributed by atoms with Gasteiger partial charge >= 0.3 is 5.97 Å². The fraction of sp³-hybridized carbons (Fsp3) is 0.462. The Hall–Kier alpha value is -1.47. The zero-order valence-electron chi connectivity index (χ0n) is 11.2. The maximum atomic E-state index is 11.2. The molecule has 2 atom stereocenters. The van der Waals surface area contributed by atoms with Crippen LogP contribution in [0, 0.1) is 6.92 Å². The van der Waals surface area contributed by atoms with Crippen molar-refractivity contribution in [1.82, 2.24) is 9.97 Å². The molecule has 0 spiro atoms. The van der Waals surface area contributed by atoms with Crippen LogP contribution in [0.5, 0.6) is 0 Å². The Kier molecular flexibility index (Phi) is 3.47. The second kappa shape index (κ2) is 5.14. The van der Waals surface area contributed by atoms with E-state index < -0.39 is 11.9 Å². The number of aliphatic carboxylic acids is 1. The van der Waals surface area contributed by atoms with Gasteiger partial charge in [-0.3, -0.25) is 4.79 Å². The summed E-state index contributed by atoms with van der Waals surface area (Å²) < 4.78 is 0. The van der Waals surface area contributed by atoms with Gasteiger partial charge < -0.3 is 10.4 Å². The molecule has 0 saturated carbocycles. The fourth-order valence-electron chi connectivity index (χ4n) is 2.35. The number of hydrogen-bond acceptors (Lipinski definition) is 6. The summed E-state index contributed by atoms with van der Waals surface area (Å²) in [6.07, 6.45) is 3.35. The van der Waals surface area contributed by atoms with Gasteiger partial charge in [0.1, 0.15) is 10.9 Å². The van der Waals surface area contributed by atoms with Crippen molar-refractivity contribution in [2.24, 2.45) is 0 Å². The van der Waals surface area contributed by atoms with Crippen LogP contribution in [0.2, 0.25) is 0 Å². The third kappa shape index (κ3) is 2.43. The molecule has 2 unspecified atom stereocenters. The normalized spacial score (nSPS) is 18.8. The van der Waals surface area contributed by atoms with Crippen LogP contribution in [0.4, 0.5) is 5.13 Å². The first-order valence-corrected chi connectivity index (χ1v) is 8.09. The van der Waals surface area contributed by atoms with Crippen LogP contribution in [-0.2, 0) is 11.2 Å². The van der Waals surface area contributed by atoms with E-state index in [9.17, 15) is 4.79 Å². The van der Waals surface area contributed by atoms with Crippen molar-refractivity contribution in [3.63, 3.8) is 0 Å². The largest absolute Gasteiger partial charge is 0.481 e. The van der Waals surface area contributed by atoms with Gasteiger partial charge in [0, 0.05) is 16.0 Å². The van der Waals surface area contributed by atoms with Gasteiger partial charge in [-0.2, -0.15) is 0 Å². The zero-order chi connectivity index (χ0) is 14.3. The average Bonchev–Trinajstić information content (AvgIpc) is 3.03. The molecule has 106 valence electrons. The van der Waals surface area contributed by atoms with Gasteiger partial charge in [-0.25, -0.2) is 9.97 Å². The van der Waals surface area contributed by atoms with Gasteiger partial charge in [0.25, 0.3) is 0 Å². The molecule has 2 aromatic heterocycles. The highest BCUT2D eigenvalue weighted by Gasteiger charge is 2.32. The highest BCUT2D eigenvalue weighted by Crippen LogP contribution is 2.39. The third-order valence-electron chi connectivity index (χ3n) is 3.37. The van der Waals surface area contributed by atoms with Crippen molar-refractivity contribution < 1.29 is 9.90 Å². The summed E-state index contributed by atoms with van der Waals surface area (Å²) in [4.78, 5) is 22.3. The van der Waals surface area contributed by atoms with E-state index >= 15 is 0 Å². The maximum absolute atomic E-state index is 11.2. The van der Waals surface area contributed by atoms with Crippen molar-refractivity contribution in [2.75, 3.05) is 5.32 Å². The summed E-state index contributed by atoms with van der Waals surface area (Å²) in [7, 11) is 0. The molecule has 1 aliphatic rings. The summed E-state index contributed by atoms with van der Waals surface area (Å²) in [5.41, 5.74) is 0.743. The molecule has 0 aliphatic heterocycles. The molecular formula is C13H15N3O2S2. The number of carboxylic acid groups (broad SMARTS) is 1. The quantitative estimate of drug-likeness (QED) is 0.907. The van der Waals surface area contributed by atoms with Crippen molar-refractivity contribution in [3.8, 4) is 0 Å². The average molecular weight is 309 g/mol. The van der Waals surface area contributed by atoms with Gasteiger partial charge in [-0.15, -0.1) is 22.7 Å². The van der Waals surface area contributed by atoms with Gasteiger partial charge in [0.05, 0.1) is 11.7 Å². The number of aryl methyl sites for hydroxylation is 2. The molecule has 3 rings (SSSR count). The van der Waals surface area contributed by atoms with Gasteiger partial charge in [-0.1, -0.05) is 0 Å². The van der Waals surface area contributed by atoms with Crippen molar-refractivity contribution >= 4 is 33.8 Å². The molecular weight excluding hydrogens is 294 g/mol. The minimum Gasteiger partial charge on any atom is -0.481 e. The van der Waals surface area contributed by atoms with Gasteiger partial charge in [-0.05, 0) is 26.7 Å². The van der Waals surface area contributed by atoms with Crippen molar-refractivity contribution in [3.05, 3.63) is 26.7 Å². The maximum Gasteiger partial charge on any atom is 0.312 e. The molecule has 0 radical (unpaired) electrons. The summed E-state index contributed by atoms with van der Waals surface area (Å²) >= 11 is 3.22. The number of nitrogens with one attached hydrogen (secondary N) is 1. The summed E-state index contributed by atoms with van der Waals surface area (Å²) in [6, 6.07) is 0.0863. The predicted octanol–water partition coefficient (Wildman–Crippen LogP) is 3.20. The first-order chi connectivity index (χ1) is 9.54. The molecule has 0 bridgehead atoms. The first kappa shape index (κ1) is 13.5. The van der Waals surface area contributed by atoms with E-state index in [1.54, 1.807) is 22.7 Å². The Balaban J connectivity index is 1.76. The van der Waals surface area contributed by atoms with Crippen LogP contribution in [0.1, 0.15) is 45.8 Å². The molecule has 0 saturated heterocycles. The zero-order valence-corrected chi connectivity index (χ0v) is 12.8. The topological polar surface area (TPSA) is 75.1 Å². The lowest BCUT2D eigenvalue weighted by molar-refractivity contribution is -0.138. The molecule has 0 aromatic carbocycles. The van der Waals surface area contributed by atoms with E-state index in [0.717, 1.165) is 27.1 Å². The molecule has 1 aliphatic carbocycles. The number of carboxylic acids is 1. The summed E-state index contributed by atoms with van der Waals surface area (Å²) in [5.74, 6) is -1.21. The Morgan fingerprint density at radius 1 is 1.55 bits per heavy atom. The third-order valence-corrected chi connectivity index (χ3v) is 5.52. The Morgan fingerprint density at radius 3 is 3.00 bits per heavy atom. The number of aromatic nitrogens is 2. The number of anilines is 1. The van der Waals surface area contributed by atoms with E-state index in [4.69, 9.17) is 5.11 Å². The van der Waals surface area contributed by atoms with E-state index in [1.165, 1.54) is 4.88 Å². The summed E-state index contributed by atoms with van der Waals surface area (Å²) in [5, 5.41) is 14.3. The molecule has 0 amide bonds. The Labute approximate surface area is 124 Å². The predicted molar refractivity (Wildman–Crippen MR) is 79.7 cm³/mol. The van der Waals surface area contributed by atoms with E-state index in [2.05, 4.69) is 15.3 Å². The summed E-state index contributed by atoms with van der Waals surface area (Å²) in [6.45, 7) is 4.07. The second-order valence-electron chi connectivity index (χ2n) is 4.93. The molecule has 0 fully saturated rings. The highest BCUT2D eigenvalue weighted by atomic mass is 32.1. The lowest BCUT2D eigenvalue weighted by atomic mass is 10.1. The number of carbonyl (C=O) groups is 1. The molecule has 2 heterocycles. The highest BCUT2D eigenvalue weighted by molar-refractivity contribution is 7.15. The van der Waals surface area contributed by atoms with Crippen LogP contribution in [-0.4, -0.2) is 21.0 Å². The van der Waals surface area contributed by atoms with E-state index in [0.29, 0.717) is 6.42 Å². The van der Waals surface area contributed by atoms with Crippen LogP contribution < -0.4 is 5.32 Å². The van der Waals surface area contributed by atoms with Crippen molar-refractivity contribution in [1.29, 1.82) is 0 Å². The Morgan fingerprint density at radius 2 is 2.35 bits per heavy atom. The van der Waals surface area contributed by atoms with Crippen LogP contribution in [0.25, 0.3) is 0 Å². The smallest absolute Gasteiger partial charge is 0.312 e. The number of hydrogen-bond donors (Lipinski definition) is 2. The first-order valence-electron chi connectivity index (χ1n) is 6.46. The number of thiazole rings is 2. The number of nitrogens with zero attached hydrogens (tertiary/aromatic N) is 2. The Bertz CT molecular complexity index is 650. The lowest BCUT2D eigenvalue weighted by Gasteiger charge is -2.09. The number of rotatable bonds is 4. The van der Waals surface area contributed by atoms with Crippen LogP contribution >= 0.6 is 22.7 Å². The van der Waals surface area contributed by atoms with Gasteiger partial charge in [0.2, 0.25) is 0 Å². The van der Waals surface area contributed by atoms with Crippen molar-refractivity contribution in [2.45, 2.75) is 38.6 Å². The second-order valence-corrected chi connectivity index (χ2v) is 7.28. The molecule has 5 nitrogen and oxygen atoms in total. The SMILES string of the molecule is Cc1cnc(C(C)Nc2nc3c(s2)CCC3C(=O)O)s1. The van der Waals surface area contributed by atoms with E-state index in [1.807, 2.05) is 20.0 Å². The fourth-order valence-corrected chi connectivity index (χ4v) is 4.25. The van der Waals surface area contributed by atoms with E-state index in [-0.39, 0.29) is 6.04 Å². The minimum atomic E-state index is -0.774. The van der Waals surface area contributed by atoms with Crippen LogP contribution in [0.15, 0.2) is 6.20 Å². The molecule has 7 heteroatoms. The lowest BCUT2D eigenvalue weighted by Crippen LogP contribution is -2.10. The molecule has 20 heavy (non-hydrogen) atoms.